The second-order valence-electron chi connectivity index (χ2n) is 6.46. The van der Waals surface area contributed by atoms with E-state index in [0.717, 1.165) is 0 Å². The Hall–Kier alpha value is -3.78. The number of aromatic nitrogens is 3. The number of nitrogens with one attached hydrogen (secondary N) is 1. The maximum atomic E-state index is 15.0. The minimum atomic E-state index is -0.696. The number of hydrogen-bond donors (Lipinski definition) is 2. The van der Waals surface area contributed by atoms with Crippen molar-refractivity contribution in [3.8, 4) is 11.1 Å². The van der Waals surface area contributed by atoms with Gasteiger partial charge in [0.2, 0.25) is 5.91 Å². The number of hydrogen-bond acceptors (Lipinski definition) is 4. The Labute approximate surface area is 175 Å². The molecule has 4 aromatic rings. The predicted octanol–water partition coefficient (Wildman–Crippen LogP) is 3.63. The van der Waals surface area contributed by atoms with Crippen molar-refractivity contribution in [1.29, 1.82) is 0 Å². The molecule has 0 aliphatic rings. The lowest BCUT2D eigenvalue weighted by Crippen LogP contribution is -2.21. The molecule has 3 N–H and O–H groups in total. The van der Waals surface area contributed by atoms with E-state index in [-0.39, 0.29) is 23.5 Å². The van der Waals surface area contributed by atoms with Gasteiger partial charge in [0.25, 0.3) is 5.91 Å². The molecule has 7 nitrogen and oxygen atoms in total. The topological polar surface area (TPSA) is 103 Å². The standard InChI is InChI=1S/C21H15ClFN5O2/c22-15-10-25-9-8-12(15)13-5-3-6-16(19(13)23)26-18(29)11-28-17-7-2-1-4-14(17)20(27-28)21(24)30/h1-10H,11H2,(H2,24,30)(H,26,29). The second kappa shape index (κ2) is 7.92. The molecule has 0 spiro atoms. The van der Waals surface area contributed by atoms with Crippen LogP contribution in [0.1, 0.15) is 10.5 Å². The molecule has 0 saturated heterocycles. The van der Waals surface area contributed by atoms with E-state index in [9.17, 15) is 9.59 Å². The summed E-state index contributed by atoms with van der Waals surface area (Å²) in [7, 11) is 0. The second-order valence-corrected chi connectivity index (χ2v) is 6.87. The Morgan fingerprint density at radius 1 is 1.10 bits per heavy atom. The predicted molar refractivity (Wildman–Crippen MR) is 112 cm³/mol. The molecule has 2 amide bonds. The summed E-state index contributed by atoms with van der Waals surface area (Å²) in [4.78, 5) is 28.1. The van der Waals surface area contributed by atoms with Crippen molar-refractivity contribution < 1.29 is 14.0 Å². The van der Waals surface area contributed by atoms with Crippen LogP contribution in [0.5, 0.6) is 0 Å². The molecule has 9 heteroatoms. The van der Waals surface area contributed by atoms with Crippen LogP contribution < -0.4 is 11.1 Å². The van der Waals surface area contributed by atoms with E-state index in [4.69, 9.17) is 17.3 Å². The number of benzene rings is 2. The molecule has 0 unspecified atom stereocenters. The summed E-state index contributed by atoms with van der Waals surface area (Å²) in [5, 5.41) is 7.51. The molecule has 0 bridgehead atoms. The smallest absolute Gasteiger partial charge is 0.269 e. The normalized spacial score (nSPS) is 10.9. The number of nitrogens with zero attached hydrogens (tertiary/aromatic N) is 3. The van der Waals surface area contributed by atoms with Crippen LogP contribution in [-0.2, 0) is 11.3 Å². The van der Waals surface area contributed by atoms with E-state index in [1.54, 1.807) is 42.5 Å². The number of primary amides is 1. The Morgan fingerprint density at radius 2 is 1.90 bits per heavy atom. The van der Waals surface area contributed by atoms with Crippen LogP contribution in [0.2, 0.25) is 5.02 Å². The first-order chi connectivity index (χ1) is 14.5. The van der Waals surface area contributed by atoms with Crippen molar-refractivity contribution in [2.75, 3.05) is 5.32 Å². The third-order valence-corrected chi connectivity index (χ3v) is 4.82. The molecule has 2 heterocycles. The lowest BCUT2D eigenvalue weighted by atomic mass is 10.1. The van der Waals surface area contributed by atoms with Crippen LogP contribution in [0.25, 0.3) is 22.0 Å². The SMILES string of the molecule is NC(=O)c1nn(CC(=O)Nc2cccc(-c3ccncc3Cl)c2F)c2ccccc12. The van der Waals surface area contributed by atoms with Crippen LogP contribution >= 0.6 is 11.6 Å². The molecule has 2 aromatic heterocycles. The zero-order chi connectivity index (χ0) is 21.3. The van der Waals surface area contributed by atoms with Crippen LogP contribution in [0.3, 0.4) is 0 Å². The molecule has 0 radical (unpaired) electrons. The van der Waals surface area contributed by atoms with Crippen molar-refractivity contribution in [2.24, 2.45) is 5.73 Å². The molecule has 30 heavy (non-hydrogen) atoms. The average molecular weight is 424 g/mol. The minimum absolute atomic E-state index is 0.00281. The van der Waals surface area contributed by atoms with Crippen molar-refractivity contribution in [3.05, 3.63) is 77.5 Å². The summed E-state index contributed by atoms with van der Waals surface area (Å²) in [5.41, 5.74) is 6.71. The third kappa shape index (κ3) is 3.60. The number of fused-ring (bicyclic) bond motifs is 1. The van der Waals surface area contributed by atoms with Crippen LogP contribution in [0.4, 0.5) is 10.1 Å². The summed E-state index contributed by atoms with van der Waals surface area (Å²) in [6, 6.07) is 13.1. The maximum absolute atomic E-state index is 15.0. The molecular formula is C21H15ClFN5O2. The monoisotopic (exact) mass is 423 g/mol. The molecule has 0 atom stereocenters. The van der Waals surface area contributed by atoms with Gasteiger partial charge in [0.05, 0.1) is 16.2 Å². The van der Waals surface area contributed by atoms with E-state index in [2.05, 4.69) is 15.4 Å². The number of para-hydroxylation sites is 1. The van der Waals surface area contributed by atoms with E-state index < -0.39 is 17.6 Å². The number of pyridine rings is 1. The number of nitrogens with two attached hydrogens (primary N) is 1. The van der Waals surface area contributed by atoms with Gasteiger partial charge in [0, 0.05) is 28.9 Å². The number of carbonyl (C=O) groups excluding carboxylic acids is 2. The highest BCUT2D eigenvalue weighted by molar-refractivity contribution is 6.33. The fraction of sp³-hybridized carbons (Fsp3) is 0.0476. The van der Waals surface area contributed by atoms with E-state index in [0.29, 0.717) is 21.5 Å². The lowest BCUT2D eigenvalue weighted by Gasteiger charge is -2.11. The van der Waals surface area contributed by atoms with Crippen molar-refractivity contribution >= 4 is 40.0 Å². The van der Waals surface area contributed by atoms with E-state index >= 15 is 4.39 Å². The summed E-state index contributed by atoms with van der Waals surface area (Å²) in [5.74, 6) is -1.84. The first kappa shape index (κ1) is 19.5. The van der Waals surface area contributed by atoms with Gasteiger partial charge < -0.3 is 11.1 Å². The third-order valence-electron chi connectivity index (χ3n) is 4.52. The number of rotatable bonds is 5. The molecule has 0 saturated carbocycles. The molecule has 0 aliphatic heterocycles. The highest BCUT2D eigenvalue weighted by atomic mass is 35.5. The highest BCUT2D eigenvalue weighted by Gasteiger charge is 2.18. The summed E-state index contributed by atoms with van der Waals surface area (Å²) in [6.45, 7) is -0.229. The summed E-state index contributed by atoms with van der Waals surface area (Å²) >= 11 is 6.11. The molecule has 0 aliphatic carbocycles. The van der Waals surface area contributed by atoms with Gasteiger partial charge in [-0.25, -0.2) is 4.39 Å². The Kier molecular flexibility index (Phi) is 5.16. The maximum Gasteiger partial charge on any atom is 0.269 e. The molecule has 2 aromatic carbocycles. The van der Waals surface area contributed by atoms with E-state index in [1.807, 2.05) is 0 Å². The Bertz CT molecular complexity index is 1290. The van der Waals surface area contributed by atoms with Crippen molar-refractivity contribution in [2.45, 2.75) is 6.54 Å². The molecule has 4 rings (SSSR count). The molecular weight excluding hydrogens is 409 g/mol. The average Bonchev–Trinajstić information content (AvgIpc) is 3.09. The number of halogens is 2. The van der Waals surface area contributed by atoms with Crippen molar-refractivity contribution in [1.82, 2.24) is 14.8 Å². The van der Waals surface area contributed by atoms with Gasteiger partial charge in [-0.2, -0.15) is 5.10 Å². The van der Waals surface area contributed by atoms with Gasteiger partial charge in [0.1, 0.15) is 6.54 Å². The molecule has 150 valence electrons. The number of amides is 2. The van der Waals surface area contributed by atoms with Gasteiger partial charge in [-0.1, -0.05) is 41.9 Å². The van der Waals surface area contributed by atoms with Crippen LogP contribution in [-0.4, -0.2) is 26.6 Å². The fourth-order valence-electron chi connectivity index (χ4n) is 3.19. The Morgan fingerprint density at radius 3 is 2.67 bits per heavy atom. The first-order valence-corrected chi connectivity index (χ1v) is 9.27. The molecule has 0 fully saturated rings. The highest BCUT2D eigenvalue weighted by Crippen LogP contribution is 2.32. The van der Waals surface area contributed by atoms with Gasteiger partial charge in [-0.3, -0.25) is 19.3 Å². The van der Waals surface area contributed by atoms with E-state index in [1.165, 1.54) is 23.1 Å². The number of anilines is 1. The summed E-state index contributed by atoms with van der Waals surface area (Å²) < 4.78 is 16.4. The van der Waals surface area contributed by atoms with Crippen LogP contribution in [0.15, 0.2) is 60.9 Å². The summed E-state index contributed by atoms with van der Waals surface area (Å²) in [6.07, 6.45) is 2.92. The Balaban J connectivity index is 1.62. The first-order valence-electron chi connectivity index (χ1n) is 8.89. The number of carbonyl (C=O) groups is 2. The van der Waals surface area contributed by atoms with Crippen LogP contribution in [0, 0.1) is 5.82 Å². The zero-order valence-corrected chi connectivity index (χ0v) is 16.2. The zero-order valence-electron chi connectivity index (χ0n) is 15.5. The quantitative estimate of drug-likeness (QED) is 0.511. The largest absolute Gasteiger partial charge is 0.364 e. The minimum Gasteiger partial charge on any atom is -0.364 e. The van der Waals surface area contributed by atoms with Gasteiger partial charge in [-0.05, 0) is 18.2 Å². The van der Waals surface area contributed by atoms with Gasteiger partial charge in [0.15, 0.2) is 11.5 Å². The fourth-order valence-corrected chi connectivity index (χ4v) is 3.41. The van der Waals surface area contributed by atoms with Gasteiger partial charge in [-0.15, -0.1) is 0 Å². The van der Waals surface area contributed by atoms with Crippen molar-refractivity contribution in [3.63, 3.8) is 0 Å². The lowest BCUT2D eigenvalue weighted by molar-refractivity contribution is -0.116. The van der Waals surface area contributed by atoms with Gasteiger partial charge >= 0.3 is 0 Å².